The molecule has 0 spiro atoms. The fourth-order valence-corrected chi connectivity index (χ4v) is 3.40. The third kappa shape index (κ3) is 4.06. The number of rotatable bonds is 4. The van der Waals surface area contributed by atoms with E-state index >= 15 is 0 Å². The quantitative estimate of drug-likeness (QED) is 0.858. The van der Waals surface area contributed by atoms with Crippen LogP contribution < -0.4 is 5.73 Å². The lowest BCUT2D eigenvalue weighted by Gasteiger charge is -2.43. The number of carboxylic acid groups (broad SMARTS) is 1. The average Bonchev–Trinajstić information content (AvgIpc) is 2.65. The van der Waals surface area contributed by atoms with Crippen LogP contribution in [0.3, 0.4) is 0 Å². The smallest absolute Gasteiger partial charge is 0.407 e. The minimum atomic E-state index is -1.12. The normalized spacial score (nSPS) is 17.9. The molecule has 3 rings (SSSR count). The standard InChI is InChI=1S/C19H19F2N3O3/c20-14-5-1-12(2-6-14)17(13-3-7-15(21)8-4-13)24-10-9-23(19(26)27)11-16(24)18(22)25/h1-8,16-17H,9-11H2,(H2,22,25)(H,26,27). The first kappa shape index (κ1) is 18.8. The number of hydrogen-bond donors (Lipinski definition) is 2. The Kier molecular flexibility index (Phi) is 5.36. The third-order valence-electron chi connectivity index (χ3n) is 4.72. The van der Waals surface area contributed by atoms with Gasteiger partial charge in [0.15, 0.2) is 0 Å². The summed E-state index contributed by atoms with van der Waals surface area (Å²) in [6.07, 6.45) is -1.12. The molecule has 8 heteroatoms. The van der Waals surface area contributed by atoms with Crippen molar-refractivity contribution < 1.29 is 23.5 Å². The van der Waals surface area contributed by atoms with Crippen LogP contribution in [0.2, 0.25) is 0 Å². The Balaban J connectivity index is 2.03. The number of hydrogen-bond acceptors (Lipinski definition) is 3. The van der Waals surface area contributed by atoms with Gasteiger partial charge in [0, 0.05) is 19.6 Å². The highest BCUT2D eigenvalue weighted by molar-refractivity contribution is 5.81. The summed E-state index contributed by atoms with van der Waals surface area (Å²) in [7, 11) is 0. The highest BCUT2D eigenvalue weighted by atomic mass is 19.1. The monoisotopic (exact) mass is 375 g/mol. The van der Waals surface area contributed by atoms with Crippen molar-refractivity contribution in [3.05, 3.63) is 71.3 Å². The van der Waals surface area contributed by atoms with Crippen LogP contribution in [0.5, 0.6) is 0 Å². The van der Waals surface area contributed by atoms with E-state index in [2.05, 4.69) is 0 Å². The molecule has 1 aliphatic rings. The Bertz CT molecular complexity index is 782. The molecule has 1 atom stereocenters. The first-order chi connectivity index (χ1) is 12.9. The van der Waals surface area contributed by atoms with Gasteiger partial charge in [0.25, 0.3) is 0 Å². The number of benzene rings is 2. The summed E-state index contributed by atoms with van der Waals surface area (Å²) >= 11 is 0. The van der Waals surface area contributed by atoms with Crippen LogP contribution in [0.15, 0.2) is 48.5 Å². The minimum Gasteiger partial charge on any atom is -0.465 e. The Morgan fingerprint density at radius 2 is 1.44 bits per heavy atom. The van der Waals surface area contributed by atoms with Gasteiger partial charge in [0.05, 0.1) is 6.04 Å². The second-order valence-corrected chi connectivity index (χ2v) is 6.39. The summed E-state index contributed by atoms with van der Waals surface area (Å²) in [5, 5.41) is 9.23. The SMILES string of the molecule is NC(=O)C1CN(C(=O)O)CCN1C(c1ccc(F)cc1)c1ccc(F)cc1. The lowest BCUT2D eigenvalue weighted by molar-refractivity contribution is -0.126. The fraction of sp³-hybridized carbons (Fsp3) is 0.263. The zero-order valence-corrected chi connectivity index (χ0v) is 14.4. The zero-order chi connectivity index (χ0) is 19.6. The Morgan fingerprint density at radius 1 is 0.963 bits per heavy atom. The molecule has 0 radical (unpaired) electrons. The molecule has 1 saturated heterocycles. The van der Waals surface area contributed by atoms with Gasteiger partial charge in [-0.3, -0.25) is 9.69 Å². The van der Waals surface area contributed by atoms with Gasteiger partial charge in [0.1, 0.15) is 17.7 Å². The highest BCUT2D eigenvalue weighted by Gasteiger charge is 2.38. The van der Waals surface area contributed by atoms with E-state index < -0.39 is 35.7 Å². The van der Waals surface area contributed by atoms with E-state index in [-0.39, 0.29) is 19.6 Å². The molecule has 2 aromatic rings. The van der Waals surface area contributed by atoms with Gasteiger partial charge in [-0.05, 0) is 35.4 Å². The summed E-state index contributed by atoms with van der Waals surface area (Å²) in [6, 6.07) is 10.2. The van der Waals surface area contributed by atoms with E-state index in [1.165, 1.54) is 24.3 Å². The highest BCUT2D eigenvalue weighted by Crippen LogP contribution is 2.32. The van der Waals surface area contributed by atoms with Gasteiger partial charge in [-0.25, -0.2) is 13.6 Å². The first-order valence-electron chi connectivity index (χ1n) is 8.40. The number of nitrogens with zero attached hydrogens (tertiary/aromatic N) is 2. The maximum Gasteiger partial charge on any atom is 0.407 e. The summed E-state index contributed by atoms with van der Waals surface area (Å²) < 4.78 is 26.8. The molecule has 3 N–H and O–H groups in total. The summed E-state index contributed by atoms with van der Waals surface area (Å²) in [5.41, 5.74) is 6.93. The molecular formula is C19H19F2N3O3. The van der Waals surface area contributed by atoms with Crippen LogP contribution in [0.1, 0.15) is 17.2 Å². The number of amides is 2. The first-order valence-corrected chi connectivity index (χ1v) is 8.40. The summed E-state index contributed by atoms with van der Waals surface area (Å²) in [6.45, 7) is 0.376. The fourth-order valence-electron chi connectivity index (χ4n) is 3.40. The second kappa shape index (κ2) is 7.71. The Hall–Kier alpha value is -3.00. The molecule has 1 fully saturated rings. The van der Waals surface area contributed by atoms with E-state index in [9.17, 15) is 23.5 Å². The van der Waals surface area contributed by atoms with Crippen molar-refractivity contribution in [1.82, 2.24) is 9.80 Å². The van der Waals surface area contributed by atoms with Gasteiger partial charge >= 0.3 is 6.09 Å². The molecular weight excluding hydrogens is 356 g/mol. The van der Waals surface area contributed by atoms with Gasteiger partial charge in [0.2, 0.25) is 5.91 Å². The summed E-state index contributed by atoms with van der Waals surface area (Å²) in [4.78, 5) is 26.3. The maximum absolute atomic E-state index is 13.4. The van der Waals surface area contributed by atoms with Crippen LogP contribution in [0.4, 0.5) is 13.6 Å². The van der Waals surface area contributed by atoms with Crippen LogP contribution in [0, 0.1) is 11.6 Å². The molecule has 1 unspecified atom stereocenters. The number of carbonyl (C=O) groups excluding carboxylic acids is 1. The molecule has 27 heavy (non-hydrogen) atoms. The van der Waals surface area contributed by atoms with Crippen LogP contribution in [0.25, 0.3) is 0 Å². The number of carbonyl (C=O) groups is 2. The predicted octanol–water partition coefficient (Wildman–Crippen LogP) is 2.20. The molecule has 2 aromatic carbocycles. The van der Waals surface area contributed by atoms with Crippen molar-refractivity contribution in [3.8, 4) is 0 Å². The number of nitrogens with two attached hydrogens (primary N) is 1. The molecule has 6 nitrogen and oxygen atoms in total. The van der Waals surface area contributed by atoms with Crippen LogP contribution in [-0.2, 0) is 4.79 Å². The lowest BCUT2D eigenvalue weighted by Crippen LogP contribution is -2.60. The van der Waals surface area contributed by atoms with Crippen molar-refractivity contribution in [3.63, 3.8) is 0 Å². The molecule has 0 bridgehead atoms. The van der Waals surface area contributed by atoms with Crippen LogP contribution >= 0.6 is 0 Å². The van der Waals surface area contributed by atoms with Crippen molar-refractivity contribution in [2.24, 2.45) is 5.73 Å². The lowest BCUT2D eigenvalue weighted by atomic mass is 9.94. The summed E-state index contributed by atoms with van der Waals surface area (Å²) in [5.74, 6) is -1.47. The predicted molar refractivity (Wildman–Crippen MR) is 93.9 cm³/mol. The molecule has 0 aromatic heterocycles. The Morgan fingerprint density at radius 3 is 1.85 bits per heavy atom. The van der Waals surface area contributed by atoms with E-state index in [0.717, 1.165) is 4.90 Å². The van der Waals surface area contributed by atoms with Crippen molar-refractivity contribution in [2.45, 2.75) is 12.1 Å². The zero-order valence-electron chi connectivity index (χ0n) is 14.4. The molecule has 2 amide bonds. The van der Waals surface area contributed by atoms with Crippen LogP contribution in [-0.4, -0.2) is 52.6 Å². The van der Waals surface area contributed by atoms with E-state index in [1.54, 1.807) is 29.2 Å². The van der Waals surface area contributed by atoms with Gasteiger partial charge < -0.3 is 15.7 Å². The van der Waals surface area contributed by atoms with Gasteiger partial charge in [-0.15, -0.1) is 0 Å². The average molecular weight is 375 g/mol. The maximum atomic E-state index is 13.4. The van der Waals surface area contributed by atoms with E-state index in [0.29, 0.717) is 11.1 Å². The molecule has 1 aliphatic heterocycles. The van der Waals surface area contributed by atoms with E-state index in [1.807, 2.05) is 0 Å². The van der Waals surface area contributed by atoms with E-state index in [4.69, 9.17) is 5.73 Å². The van der Waals surface area contributed by atoms with Crippen molar-refractivity contribution in [1.29, 1.82) is 0 Å². The number of halogens is 2. The molecule has 142 valence electrons. The Labute approximate surface area is 154 Å². The second-order valence-electron chi connectivity index (χ2n) is 6.39. The number of piperazine rings is 1. The topological polar surface area (TPSA) is 86.9 Å². The molecule has 0 aliphatic carbocycles. The third-order valence-corrected chi connectivity index (χ3v) is 4.72. The number of primary amides is 1. The largest absolute Gasteiger partial charge is 0.465 e. The van der Waals surface area contributed by atoms with Crippen molar-refractivity contribution in [2.75, 3.05) is 19.6 Å². The van der Waals surface area contributed by atoms with Gasteiger partial charge in [-0.2, -0.15) is 0 Å². The van der Waals surface area contributed by atoms with Crippen molar-refractivity contribution >= 4 is 12.0 Å². The van der Waals surface area contributed by atoms with Gasteiger partial charge in [-0.1, -0.05) is 24.3 Å². The minimum absolute atomic E-state index is 0.0659. The molecule has 1 heterocycles. The molecule has 0 saturated carbocycles.